The molecule has 0 N–H and O–H groups in total. The van der Waals surface area contributed by atoms with Crippen LogP contribution >= 0.6 is 11.6 Å². The number of nitrogens with zero attached hydrogens (tertiary/aromatic N) is 1. The van der Waals surface area contributed by atoms with Gasteiger partial charge in [0.15, 0.2) is 0 Å². The van der Waals surface area contributed by atoms with E-state index in [1.807, 2.05) is 0 Å². The second kappa shape index (κ2) is 4.86. The molecule has 2 aromatic rings. The third-order valence-electron chi connectivity index (χ3n) is 2.93. The fourth-order valence-corrected chi connectivity index (χ4v) is 2.39. The third-order valence-corrected chi connectivity index (χ3v) is 3.22. The second-order valence-electron chi connectivity index (χ2n) is 4.24. The number of benzene rings is 2. The Kier molecular flexibility index (Phi) is 3.47. The predicted octanol–water partition coefficient (Wildman–Crippen LogP) is 3.68. The predicted molar refractivity (Wildman–Crippen MR) is 71.1 cm³/mol. The van der Waals surface area contributed by atoms with Crippen LogP contribution in [0, 0.1) is 0 Å². The molecular formula is C14H16ClN. The lowest BCUT2D eigenvalue weighted by atomic mass is 10.0. The van der Waals surface area contributed by atoms with Gasteiger partial charge in [0.1, 0.15) is 0 Å². The number of alkyl halides is 1. The van der Waals surface area contributed by atoms with Gasteiger partial charge in [-0.2, -0.15) is 0 Å². The summed E-state index contributed by atoms with van der Waals surface area (Å²) in [5, 5.41) is 2.55. The van der Waals surface area contributed by atoms with Crippen molar-refractivity contribution in [1.29, 1.82) is 0 Å². The summed E-state index contributed by atoms with van der Waals surface area (Å²) in [5.41, 5.74) is 1.28. The lowest BCUT2D eigenvalue weighted by Crippen LogP contribution is -2.21. The zero-order valence-corrected chi connectivity index (χ0v) is 10.4. The van der Waals surface area contributed by atoms with Gasteiger partial charge in [0.25, 0.3) is 0 Å². The standard InChI is InChI=1S/C14H16ClN/c1-16(2)14(10-15)13-8-7-11-5-3-4-6-12(11)9-13/h3-9,14H,10H2,1-2H3. The summed E-state index contributed by atoms with van der Waals surface area (Å²) in [5.74, 6) is 0.616. The van der Waals surface area contributed by atoms with Crippen molar-refractivity contribution in [3.8, 4) is 0 Å². The molecule has 16 heavy (non-hydrogen) atoms. The van der Waals surface area contributed by atoms with Crippen molar-refractivity contribution in [2.75, 3.05) is 20.0 Å². The zero-order chi connectivity index (χ0) is 11.5. The van der Waals surface area contributed by atoms with Gasteiger partial charge in [-0.1, -0.05) is 36.4 Å². The molecule has 0 radical (unpaired) electrons. The first-order chi connectivity index (χ1) is 7.72. The Hall–Kier alpha value is -1.05. The molecule has 2 rings (SSSR count). The molecule has 0 aliphatic rings. The molecule has 0 spiro atoms. The van der Waals surface area contributed by atoms with Crippen LogP contribution in [0.25, 0.3) is 10.8 Å². The Morgan fingerprint density at radius 1 is 1.06 bits per heavy atom. The topological polar surface area (TPSA) is 3.24 Å². The highest BCUT2D eigenvalue weighted by atomic mass is 35.5. The molecule has 84 valence electrons. The van der Waals surface area contributed by atoms with Crippen molar-refractivity contribution in [3.63, 3.8) is 0 Å². The molecule has 0 saturated carbocycles. The first-order valence-electron chi connectivity index (χ1n) is 5.43. The van der Waals surface area contributed by atoms with Crippen LogP contribution in [0.2, 0.25) is 0 Å². The van der Waals surface area contributed by atoms with Crippen LogP contribution in [0.3, 0.4) is 0 Å². The molecular weight excluding hydrogens is 218 g/mol. The molecule has 0 saturated heterocycles. The smallest absolute Gasteiger partial charge is 0.0477 e. The van der Waals surface area contributed by atoms with E-state index in [0.717, 1.165) is 0 Å². The second-order valence-corrected chi connectivity index (χ2v) is 4.55. The van der Waals surface area contributed by atoms with Crippen molar-refractivity contribution >= 4 is 22.4 Å². The molecule has 0 aromatic heterocycles. The van der Waals surface area contributed by atoms with Gasteiger partial charge < -0.3 is 4.90 Å². The van der Waals surface area contributed by atoms with Crippen LogP contribution < -0.4 is 0 Å². The largest absolute Gasteiger partial charge is 0.301 e. The van der Waals surface area contributed by atoms with E-state index in [1.165, 1.54) is 16.3 Å². The SMILES string of the molecule is CN(C)C(CCl)c1ccc2ccccc2c1. The minimum Gasteiger partial charge on any atom is -0.301 e. The van der Waals surface area contributed by atoms with Crippen molar-refractivity contribution in [3.05, 3.63) is 48.0 Å². The van der Waals surface area contributed by atoms with E-state index in [-0.39, 0.29) is 6.04 Å². The lowest BCUT2D eigenvalue weighted by Gasteiger charge is -2.22. The normalized spacial score (nSPS) is 13.2. The van der Waals surface area contributed by atoms with Gasteiger partial charge in [-0.3, -0.25) is 0 Å². The summed E-state index contributed by atoms with van der Waals surface area (Å²) < 4.78 is 0. The van der Waals surface area contributed by atoms with Gasteiger partial charge in [-0.25, -0.2) is 0 Å². The van der Waals surface area contributed by atoms with E-state index in [2.05, 4.69) is 61.5 Å². The summed E-state index contributed by atoms with van der Waals surface area (Å²) in [6.07, 6.45) is 0. The van der Waals surface area contributed by atoms with E-state index >= 15 is 0 Å². The Bertz CT molecular complexity index is 479. The Balaban J connectivity index is 2.45. The van der Waals surface area contributed by atoms with Crippen molar-refractivity contribution in [2.45, 2.75) is 6.04 Å². The molecule has 0 fully saturated rings. The number of hydrogen-bond donors (Lipinski definition) is 0. The number of fused-ring (bicyclic) bond motifs is 1. The maximum absolute atomic E-state index is 6.01. The minimum absolute atomic E-state index is 0.284. The summed E-state index contributed by atoms with van der Waals surface area (Å²) in [6, 6.07) is 15.2. The first-order valence-corrected chi connectivity index (χ1v) is 5.97. The highest BCUT2D eigenvalue weighted by Crippen LogP contribution is 2.24. The van der Waals surface area contributed by atoms with Gasteiger partial charge in [0.05, 0.1) is 0 Å². The van der Waals surface area contributed by atoms with Gasteiger partial charge in [-0.05, 0) is 36.5 Å². The van der Waals surface area contributed by atoms with Gasteiger partial charge >= 0.3 is 0 Å². The third kappa shape index (κ3) is 2.21. The summed E-state index contributed by atoms with van der Waals surface area (Å²) >= 11 is 6.01. The summed E-state index contributed by atoms with van der Waals surface area (Å²) in [6.45, 7) is 0. The highest BCUT2D eigenvalue weighted by Gasteiger charge is 2.12. The first kappa shape index (κ1) is 11.4. The zero-order valence-electron chi connectivity index (χ0n) is 9.65. The molecule has 0 heterocycles. The molecule has 0 aliphatic heterocycles. The highest BCUT2D eigenvalue weighted by molar-refractivity contribution is 6.18. The number of rotatable bonds is 3. The van der Waals surface area contributed by atoms with Crippen LogP contribution in [0.5, 0.6) is 0 Å². The molecule has 0 amide bonds. The van der Waals surface area contributed by atoms with Crippen LogP contribution in [0.1, 0.15) is 11.6 Å². The van der Waals surface area contributed by atoms with Crippen molar-refractivity contribution < 1.29 is 0 Å². The number of hydrogen-bond acceptors (Lipinski definition) is 1. The van der Waals surface area contributed by atoms with E-state index in [0.29, 0.717) is 5.88 Å². The average molecular weight is 234 g/mol. The van der Waals surface area contributed by atoms with Crippen LogP contribution in [0.4, 0.5) is 0 Å². The van der Waals surface area contributed by atoms with Gasteiger partial charge in [0.2, 0.25) is 0 Å². The van der Waals surface area contributed by atoms with Gasteiger partial charge in [-0.15, -0.1) is 11.6 Å². The van der Waals surface area contributed by atoms with Crippen molar-refractivity contribution in [1.82, 2.24) is 4.90 Å². The maximum atomic E-state index is 6.01. The molecule has 0 bridgehead atoms. The minimum atomic E-state index is 0.284. The molecule has 1 atom stereocenters. The van der Waals surface area contributed by atoms with E-state index in [1.54, 1.807) is 0 Å². The molecule has 0 aliphatic carbocycles. The van der Waals surface area contributed by atoms with Crippen LogP contribution in [0.15, 0.2) is 42.5 Å². The van der Waals surface area contributed by atoms with Crippen LogP contribution in [-0.2, 0) is 0 Å². The Morgan fingerprint density at radius 2 is 1.75 bits per heavy atom. The lowest BCUT2D eigenvalue weighted by molar-refractivity contribution is 0.325. The molecule has 1 unspecified atom stereocenters. The molecule has 1 nitrogen and oxygen atoms in total. The quantitative estimate of drug-likeness (QED) is 0.731. The summed E-state index contributed by atoms with van der Waals surface area (Å²) in [7, 11) is 4.12. The number of halogens is 1. The van der Waals surface area contributed by atoms with Crippen molar-refractivity contribution in [2.24, 2.45) is 0 Å². The fourth-order valence-electron chi connectivity index (χ4n) is 1.94. The van der Waals surface area contributed by atoms with Gasteiger partial charge in [0, 0.05) is 11.9 Å². The molecule has 2 heteroatoms. The van der Waals surface area contributed by atoms with E-state index < -0.39 is 0 Å². The van der Waals surface area contributed by atoms with E-state index in [4.69, 9.17) is 11.6 Å². The maximum Gasteiger partial charge on any atom is 0.0477 e. The molecule has 2 aromatic carbocycles. The summed E-state index contributed by atoms with van der Waals surface area (Å²) in [4.78, 5) is 2.15. The van der Waals surface area contributed by atoms with Crippen LogP contribution in [-0.4, -0.2) is 24.9 Å². The monoisotopic (exact) mass is 233 g/mol. The Morgan fingerprint density at radius 3 is 2.38 bits per heavy atom. The van der Waals surface area contributed by atoms with E-state index in [9.17, 15) is 0 Å². The fraction of sp³-hybridized carbons (Fsp3) is 0.286. The Labute approximate surface area is 102 Å². The average Bonchev–Trinajstić information content (AvgIpc) is 2.29.